The summed E-state index contributed by atoms with van der Waals surface area (Å²) >= 11 is 0. The molecule has 1 aromatic heterocycles. The zero-order valence-corrected chi connectivity index (χ0v) is 19.3. The molecule has 0 radical (unpaired) electrons. The van der Waals surface area contributed by atoms with E-state index in [9.17, 15) is 0 Å². The van der Waals surface area contributed by atoms with E-state index < -0.39 is 0 Å². The van der Waals surface area contributed by atoms with Crippen molar-refractivity contribution in [2.24, 2.45) is 0 Å². The molecule has 0 unspecified atom stereocenters. The predicted octanol–water partition coefficient (Wildman–Crippen LogP) is 7.31. The molecular formula is C24H25OW-. The van der Waals surface area contributed by atoms with Gasteiger partial charge in [-0.05, 0) is 17.7 Å². The molecule has 0 saturated carbocycles. The average molecular weight is 513 g/mol. The number of rotatable bonds is 1. The van der Waals surface area contributed by atoms with Crippen LogP contribution in [-0.2, 0) is 26.5 Å². The molecule has 4 aromatic rings. The van der Waals surface area contributed by atoms with Gasteiger partial charge in [0.25, 0.3) is 0 Å². The Labute approximate surface area is 170 Å². The molecule has 134 valence electrons. The van der Waals surface area contributed by atoms with Gasteiger partial charge in [-0.15, -0.1) is 5.56 Å². The van der Waals surface area contributed by atoms with E-state index in [-0.39, 0.29) is 26.5 Å². The Kier molecular flexibility index (Phi) is 4.74. The summed E-state index contributed by atoms with van der Waals surface area (Å²) in [5.41, 5.74) is 6.12. The SMILES string of the molecule is Cc1c(C(C)(C)C)c([C-](C)C)cc2c1oc1c3ccccc3ccc21.[W]. The van der Waals surface area contributed by atoms with E-state index in [0.717, 1.165) is 11.2 Å². The van der Waals surface area contributed by atoms with Crippen molar-refractivity contribution in [3.05, 3.63) is 65.1 Å². The van der Waals surface area contributed by atoms with Gasteiger partial charge in [0.15, 0.2) is 0 Å². The molecule has 0 aliphatic carbocycles. The van der Waals surface area contributed by atoms with Crippen LogP contribution in [0.15, 0.2) is 46.9 Å². The van der Waals surface area contributed by atoms with E-state index in [1.165, 1.54) is 44.2 Å². The second kappa shape index (κ2) is 6.46. The predicted molar refractivity (Wildman–Crippen MR) is 108 cm³/mol. The summed E-state index contributed by atoms with van der Waals surface area (Å²) in [5, 5.41) is 4.84. The van der Waals surface area contributed by atoms with E-state index >= 15 is 0 Å². The summed E-state index contributed by atoms with van der Waals surface area (Å²) in [6.45, 7) is 13.5. The molecular weight excluding hydrogens is 488 g/mol. The smallest absolute Gasteiger partial charge is 0.142 e. The molecule has 0 aliphatic rings. The van der Waals surface area contributed by atoms with Gasteiger partial charge in [0.2, 0.25) is 0 Å². The maximum absolute atomic E-state index is 6.46. The van der Waals surface area contributed by atoms with Crippen molar-refractivity contribution < 1.29 is 25.5 Å². The largest absolute Gasteiger partial charge is 0.457 e. The number of hydrogen-bond acceptors (Lipinski definition) is 1. The summed E-state index contributed by atoms with van der Waals surface area (Å²) in [6, 6.07) is 15.2. The van der Waals surface area contributed by atoms with Crippen LogP contribution < -0.4 is 0 Å². The molecule has 1 nitrogen and oxygen atoms in total. The van der Waals surface area contributed by atoms with Crippen LogP contribution in [0.1, 0.15) is 51.3 Å². The minimum Gasteiger partial charge on any atom is -0.457 e. The molecule has 0 aliphatic heterocycles. The number of hydrogen-bond donors (Lipinski definition) is 0. The minimum atomic E-state index is 0. The van der Waals surface area contributed by atoms with Gasteiger partial charge in [-0.25, -0.2) is 0 Å². The number of fused-ring (bicyclic) bond motifs is 5. The van der Waals surface area contributed by atoms with Crippen LogP contribution in [-0.4, -0.2) is 0 Å². The van der Waals surface area contributed by atoms with Crippen LogP contribution in [0, 0.1) is 12.8 Å². The molecule has 0 spiro atoms. The third-order valence-corrected chi connectivity index (χ3v) is 5.18. The maximum atomic E-state index is 6.46. The van der Waals surface area contributed by atoms with Crippen LogP contribution in [0.3, 0.4) is 0 Å². The molecule has 0 amide bonds. The Morgan fingerprint density at radius 3 is 2.19 bits per heavy atom. The van der Waals surface area contributed by atoms with Crippen molar-refractivity contribution in [2.45, 2.75) is 47.0 Å². The minimum absolute atomic E-state index is 0. The first-order chi connectivity index (χ1) is 11.8. The molecule has 0 N–H and O–H groups in total. The molecule has 0 bridgehead atoms. The zero-order chi connectivity index (χ0) is 17.9. The average Bonchev–Trinajstić information content (AvgIpc) is 2.93. The van der Waals surface area contributed by atoms with E-state index in [4.69, 9.17) is 4.42 Å². The summed E-state index contributed by atoms with van der Waals surface area (Å²) in [5.74, 6) is 1.35. The molecule has 0 fully saturated rings. The molecule has 2 heteroatoms. The van der Waals surface area contributed by atoms with Crippen LogP contribution in [0.25, 0.3) is 32.7 Å². The number of benzene rings is 3. The fraction of sp³-hybridized carbons (Fsp3) is 0.292. The Bertz CT molecular complexity index is 1110. The summed E-state index contributed by atoms with van der Waals surface area (Å²) in [4.78, 5) is 0. The van der Waals surface area contributed by atoms with E-state index in [0.29, 0.717) is 0 Å². The van der Waals surface area contributed by atoms with E-state index in [1.54, 1.807) is 0 Å². The summed E-state index contributed by atoms with van der Waals surface area (Å²) < 4.78 is 6.46. The van der Waals surface area contributed by atoms with Gasteiger partial charge in [0.1, 0.15) is 11.2 Å². The standard InChI is InChI=1S/C24H25O.W/c1-14(2)19-13-20-18-12-11-16-9-7-8-10-17(16)23(18)25-22(20)15(3)21(19)24(4,5)6;/h7-13H,1-6H3;/q-1;. The van der Waals surface area contributed by atoms with Crippen molar-refractivity contribution in [1.29, 1.82) is 0 Å². The first kappa shape index (κ1) is 19.1. The Hall–Kier alpha value is -1.72. The second-order valence-corrected chi connectivity index (χ2v) is 8.32. The molecule has 3 aromatic carbocycles. The van der Waals surface area contributed by atoms with Crippen molar-refractivity contribution in [3.8, 4) is 0 Å². The van der Waals surface area contributed by atoms with Crippen LogP contribution in [0.5, 0.6) is 0 Å². The van der Waals surface area contributed by atoms with Gasteiger partial charge < -0.3 is 4.42 Å². The normalized spacial score (nSPS) is 11.9. The fourth-order valence-corrected chi connectivity index (χ4v) is 4.16. The van der Waals surface area contributed by atoms with Crippen LogP contribution in [0.4, 0.5) is 0 Å². The Morgan fingerprint density at radius 1 is 0.846 bits per heavy atom. The van der Waals surface area contributed by atoms with Crippen molar-refractivity contribution in [3.63, 3.8) is 0 Å². The van der Waals surface area contributed by atoms with E-state index in [2.05, 4.69) is 84.0 Å². The second-order valence-electron chi connectivity index (χ2n) is 8.32. The number of aryl methyl sites for hydroxylation is 1. The van der Waals surface area contributed by atoms with Crippen LogP contribution in [0.2, 0.25) is 0 Å². The molecule has 4 rings (SSSR count). The Balaban J connectivity index is 0.00000196. The molecule has 1 heterocycles. The zero-order valence-electron chi connectivity index (χ0n) is 16.4. The number of furan rings is 1. The van der Waals surface area contributed by atoms with E-state index in [1.807, 2.05) is 0 Å². The van der Waals surface area contributed by atoms with Gasteiger partial charge in [-0.1, -0.05) is 82.0 Å². The monoisotopic (exact) mass is 513 g/mol. The quantitative estimate of drug-likeness (QED) is 0.244. The maximum Gasteiger partial charge on any atom is 0.142 e. The summed E-state index contributed by atoms with van der Waals surface area (Å²) in [6.07, 6.45) is 0. The van der Waals surface area contributed by atoms with Gasteiger partial charge in [0.05, 0.1) is 0 Å². The van der Waals surface area contributed by atoms with Gasteiger partial charge in [-0.2, -0.15) is 17.5 Å². The molecule has 0 atom stereocenters. The van der Waals surface area contributed by atoms with Crippen LogP contribution >= 0.6 is 0 Å². The van der Waals surface area contributed by atoms with Gasteiger partial charge >= 0.3 is 0 Å². The first-order valence-electron chi connectivity index (χ1n) is 8.97. The molecule has 26 heavy (non-hydrogen) atoms. The third-order valence-electron chi connectivity index (χ3n) is 5.18. The Morgan fingerprint density at radius 2 is 1.54 bits per heavy atom. The molecule has 0 saturated heterocycles. The topological polar surface area (TPSA) is 13.1 Å². The first-order valence-corrected chi connectivity index (χ1v) is 8.97. The fourth-order valence-electron chi connectivity index (χ4n) is 4.16. The summed E-state index contributed by atoms with van der Waals surface area (Å²) in [7, 11) is 0. The van der Waals surface area contributed by atoms with Crippen molar-refractivity contribution >= 4 is 32.7 Å². The van der Waals surface area contributed by atoms with Crippen molar-refractivity contribution in [1.82, 2.24) is 0 Å². The van der Waals surface area contributed by atoms with Crippen molar-refractivity contribution in [2.75, 3.05) is 0 Å². The third kappa shape index (κ3) is 2.78. The van der Waals surface area contributed by atoms with Gasteiger partial charge in [0, 0.05) is 31.8 Å². The van der Waals surface area contributed by atoms with Gasteiger partial charge in [-0.3, -0.25) is 0 Å².